The van der Waals surface area contributed by atoms with Crippen LogP contribution < -0.4 is 5.73 Å². The van der Waals surface area contributed by atoms with Crippen LogP contribution in [-0.4, -0.2) is 30.1 Å². The summed E-state index contributed by atoms with van der Waals surface area (Å²) < 4.78 is 0. The molecular weight excluding hydrogens is 160 g/mol. The summed E-state index contributed by atoms with van der Waals surface area (Å²) in [6.45, 7) is 8.30. The maximum absolute atomic E-state index is 5.76. The highest BCUT2D eigenvalue weighted by molar-refractivity contribution is 5.07. The lowest BCUT2D eigenvalue weighted by atomic mass is 9.75. The van der Waals surface area contributed by atoms with E-state index in [-0.39, 0.29) is 0 Å². The molecule has 2 saturated heterocycles. The van der Waals surface area contributed by atoms with Gasteiger partial charge in [-0.05, 0) is 50.7 Å². The molecule has 0 bridgehead atoms. The molecular formula is C11H22N2. The molecule has 0 spiro atoms. The van der Waals surface area contributed by atoms with E-state index in [1.54, 1.807) is 0 Å². The molecule has 2 heterocycles. The van der Waals surface area contributed by atoms with Gasteiger partial charge in [0.15, 0.2) is 0 Å². The van der Waals surface area contributed by atoms with Gasteiger partial charge >= 0.3 is 0 Å². The van der Waals surface area contributed by atoms with E-state index in [4.69, 9.17) is 5.73 Å². The molecule has 0 amide bonds. The minimum atomic E-state index is 0.481. The number of hydrogen-bond acceptors (Lipinski definition) is 2. The van der Waals surface area contributed by atoms with E-state index in [0.717, 1.165) is 18.4 Å². The van der Waals surface area contributed by atoms with Gasteiger partial charge in [-0.25, -0.2) is 0 Å². The Hall–Kier alpha value is -0.0800. The van der Waals surface area contributed by atoms with Gasteiger partial charge in [-0.15, -0.1) is 0 Å². The fourth-order valence-electron chi connectivity index (χ4n) is 3.72. The quantitative estimate of drug-likeness (QED) is 0.700. The SMILES string of the molecule is C[C@@H]1CCN2CC[C@H](C)C12CCN. The van der Waals surface area contributed by atoms with Crippen molar-refractivity contribution in [2.45, 2.75) is 38.6 Å². The summed E-state index contributed by atoms with van der Waals surface area (Å²) in [4.78, 5) is 2.70. The van der Waals surface area contributed by atoms with Crippen LogP contribution in [0.1, 0.15) is 33.1 Å². The Bertz CT molecular complexity index is 177. The predicted octanol–water partition coefficient (Wildman–Crippen LogP) is 1.46. The second-order valence-electron chi connectivity index (χ2n) is 4.90. The maximum Gasteiger partial charge on any atom is 0.0273 e. The van der Waals surface area contributed by atoms with Gasteiger partial charge in [-0.2, -0.15) is 0 Å². The summed E-state index contributed by atoms with van der Waals surface area (Å²) in [5.74, 6) is 1.71. The Morgan fingerprint density at radius 3 is 2.23 bits per heavy atom. The van der Waals surface area contributed by atoms with Crippen LogP contribution >= 0.6 is 0 Å². The minimum absolute atomic E-state index is 0.481. The van der Waals surface area contributed by atoms with E-state index < -0.39 is 0 Å². The molecule has 0 saturated carbocycles. The fourth-order valence-corrected chi connectivity index (χ4v) is 3.72. The summed E-state index contributed by atoms with van der Waals surface area (Å²) >= 11 is 0. The normalized spacial score (nSPS) is 45.5. The molecule has 1 unspecified atom stereocenters. The molecule has 0 radical (unpaired) electrons. The average Bonchev–Trinajstić information content (AvgIpc) is 2.57. The van der Waals surface area contributed by atoms with Crippen LogP contribution in [0.25, 0.3) is 0 Å². The summed E-state index contributed by atoms with van der Waals surface area (Å²) in [7, 11) is 0. The van der Waals surface area contributed by atoms with Crippen LogP contribution in [0, 0.1) is 11.8 Å². The third-order valence-corrected chi connectivity index (χ3v) is 4.50. The monoisotopic (exact) mass is 182 g/mol. The number of nitrogens with two attached hydrogens (primary N) is 1. The van der Waals surface area contributed by atoms with Gasteiger partial charge in [0.25, 0.3) is 0 Å². The number of rotatable bonds is 2. The zero-order valence-electron chi connectivity index (χ0n) is 8.92. The van der Waals surface area contributed by atoms with Gasteiger partial charge < -0.3 is 5.73 Å². The Labute approximate surface area is 81.5 Å². The van der Waals surface area contributed by atoms with E-state index in [2.05, 4.69) is 18.7 Å². The van der Waals surface area contributed by atoms with E-state index in [1.165, 1.54) is 32.4 Å². The molecule has 2 aliphatic rings. The zero-order chi connectivity index (χ0) is 9.47. The van der Waals surface area contributed by atoms with Crippen LogP contribution in [0.5, 0.6) is 0 Å². The molecule has 3 atom stereocenters. The van der Waals surface area contributed by atoms with Crippen LogP contribution in [0.4, 0.5) is 0 Å². The second-order valence-corrected chi connectivity index (χ2v) is 4.90. The van der Waals surface area contributed by atoms with Crippen molar-refractivity contribution in [1.29, 1.82) is 0 Å². The topological polar surface area (TPSA) is 29.3 Å². The average molecular weight is 182 g/mol. The van der Waals surface area contributed by atoms with E-state index >= 15 is 0 Å². The van der Waals surface area contributed by atoms with Crippen molar-refractivity contribution in [1.82, 2.24) is 4.90 Å². The molecule has 2 nitrogen and oxygen atoms in total. The highest BCUT2D eigenvalue weighted by Gasteiger charge is 2.52. The maximum atomic E-state index is 5.76. The minimum Gasteiger partial charge on any atom is -0.330 e. The smallest absolute Gasteiger partial charge is 0.0273 e. The lowest BCUT2D eigenvalue weighted by Crippen LogP contribution is -2.47. The van der Waals surface area contributed by atoms with Crippen molar-refractivity contribution in [3.05, 3.63) is 0 Å². The van der Waals surface area contributed by atoms with Crippen LogP contribution in [-0.2, 0) is 0 Å². The van der Waals surface area contributed by atoms with Crippen molar-refractivity contribution in [3.63, 3.8) is 0 Å². The van der Waals surface area contributed by atoms with Crippen LogP contribution in [0.15, 0.2) is 0 Å². The summed E-state index contributed by atoms with van der Waals surface area (Å²) in [6, 6.07) is 0. The van der Waals surface area contributed by atoms with Gasteiger partial charge in [-0.3, -0.25) is 4.90 Å². The van der Waals surface area contributed by atoms with E-state index in [9.17, 15) is 0 Å². The molecule has 0 aromatic heterocycles. The van der Waals surface area contributed by atoms with Gasteiger partial charge in [0.2, 0.25) is 0 Å². The number of nitrogens with zero attached hydrogens (tertiary/aromatic N) is 1. The van der Waals surface area contributed by atoms with Gasteiger partial charge in [0, 0.05) is 5.54 Å². The summed E-state index contributed by atoms with van der Waals surface area (Å²) in [5.41, 5.74) is 6.24. The first-order valence-electron chi connectivity index (χ1n) is 5.67. The van der Waals surface area contributed by atoms with Gasteiger partial charge in [0.05, 0.1) is 0 Å². The third-order valence-electron chi connectivity index (χ3n) is 4.50. The first kappa shape index (κ1) is 9.47. The standard InChI is InChI=1S/C11H22N2/c1-9-3-7-13-8-4-10(2)11(9,13)5-6-12/h9-10H,3-8,12H2,1-2H3/t9-,10+,11?. The Kier molecular flexibility index (Phi) is 2.37. The molecule has 0 aromatic carbocycles. The molecule has 2 fully saturated rings. The van der Waals surface area contributed by atoms with Crippen molar-refractivity contribution in [2.24, 2.45) is 17.6 Å². The van der Waals surface area contributed by atoms with E-state index in [0.29, 0.717) is 5.54 Å². The first-order chi connectivity index (χ1) is 6.21. The molecule has 2 rings (SSSR count). The molecule has 76 valence electrons. The lowest BCUT2D eigenvalue weighted by Gasteiger charge is -2.39. The highest BCUT2D eigenvalue weighted by Crippen LogP contribution is 2.48. The lowest BCUT2D eigenvalue weighted by molar-refractivity contribution is 0.110. The Morgan fingerprint density at radius 1 is 1.23 bits per heavy atom. The third kappa shape index (κ3) is 1.15. The van der Waals surface area contributed by atoms with Crippen molar-refractivity contribution in [2.75, 3.05) is 19.6 Å². The molecule has 2 aliphatic heterocycles. The first-order valence-corrected chi connectivity index (χ1v) is 5.67. The molecule has 2 N–H and O–H groups in total. The van der Waals surface area contributed by atoms with Gasteiger partial charge in [0.1, 0.15) is 0 Å². The molecule has 13 heavy (non-hydrogen) atoms. The Morgan fingerprint density at radius 2 is 1.77 bits per heavy atom. The van der Waals surface area contributed by atoms with Crippen molar-refractivity contribution >= 4 is 0 Å². The van der Waals surface area contributed by atoms with Crippen molar-refractivity contribution < 1.29 is 0 Å². The number of hydrogen-bond donors (Lipinski definition) is 1. The predicted molar refractivity (Wildman–Crippen MR) is 55.5 cm³/mol. The number of fused-ring (bicyclic) bond motifs is 1. The van der Waals surface area contributed by atoms with Crippen LogP contribution in [0.3, 0.4) is 0 Å². The van der Waals surface area contributed by atoms with E-state index in [1.807, 2.05) is 0 Å². The molecule has 2 heteroatoms. The second kappa shape index (κ2) is 3.25. The van der Waals surface area contributed by atoms with Gasteiger partial charge in [-0.1, -0.05) is 13.8 Å². The summed E-state index contributed by atoms with van der Waals surface area (Å²) in [6.07, 6.45) is 3.96. The zero-order valence-corrected chi connectivity index (χ0v) is 8.92. The molecule has 0 aliphatic carbocycles. The highest BCUT2D eigenvalue weighted by atomic mass is 15.3. The fraction of sp³-hybridized carbons (Fsp3) is 1.00. The van der Waals surface area contributed by atoms with Crippen molar-refractivity contribution in [3.8, 4) is 0 Å². The summed E-state index contributed by atoms with van der Waals surface area (Å²) in [5, 5.41) is 0. The Balaban J connectivity index is 2.24. The van der Waals surface area contributed by atoms with Crippen LogP contribution in [0.2, 0.25) is 0 Å². The molecule has 0 aromatic rings. The largest absolute Gasteiger partial charge is 0.330 e.